The van der Waals surface area contributed by atoms with Crippen molar-refractivity contribution in [1.82, 2.24) is 0 Å². The van der Waals surface area contributed by atoms with Gasteiger partial charge in [0.2, 0.25) is 0 Å². The van der Waals surface area contributed by atoms with Crippen molar-refractivity contribution in [2.24, 2.45) is 5.92 Å². The Morgan fingerprint density at radius 1 is 0.469 bits per heavy atom. The van der Waals surface area contributed by atoms with Crippen molar-refractivity contribution in [2.75, 3.05) is 0 Å². The Morgan fingerprint density at radius 2 is 0.781 bits per heavy atom. The molecule has 2 saturated carbocycles. The Labute approximate surface area is 198 Å². The zero-order valence-corrected chi connectivity index (χ0v) is 19.9. The monoisotopic (exact) mass is 426 g/mol. The molecule has 3 aromatic carbocycles. The number of aryl methyl sites for hydroxylation is 1. The van der Waals surface area contributed by atoms with Gasteiger partial charge < -0.3 is 0 Å². The van der Waals surface area contributed by atoms with Crippen LogP contribution < -0.4 is 0 Å². The molecule has 0 nitrogen and oxygen atoms in total. The van der Waals surface area contributed by atoms with Crippen LogP contribution in [0.15, 0.2) is 72.8 Å². The lowest BCUT2D eigenvalue weighted by Crippen LogP contribution is -2.12. The maximum absolute atomic E-state index is 2.40. The maximum atomic E-state index is 2.40. The molecule has 0 atom stereocenters. The highest BCUT2D eigenvalue weighted by atomic mass is 14.3. The number of hydrogen-bond donors (Lipinski definition) is 0. The van der Waals surface area contributed by atoms with Gasteiger partial charge in [-0.3, -0.25) is 0 Å². The van der Waals surface area contributed by atoms with Gasteiger partial charge in [0.1, 0.15) is 0 Å². The van der Waals surface area contributed by atoms with Crippen molar-refractivity contribution >= 4 is 0 Å². The molecule has 5 rings (SSSR count). The van der Waals surface area contributed by atoms with Crippen LogP contribution in [0.25, 0.3) is 11.1 Å². The quantitative estimate of drug-likeness (QED) is 0.389. The van der Waals surface area contributed by atoms with Crippen LogP contribution in [-0.4, -0.2) is 0 Å². The molecule has 0 amide bonds. The molecule has 0 heteroatoms. The lowest BCUT2D eigenvalue weighted by molar-refractivity contribution is 0.348. The van der Waals surface area contributed by atoms with Gasteiger partial charge in [-0.1, -0.05) is 98.1 Å². The third-order valence-electron chi connectivity index (χ3n) is 8.39. The molecule has 0 aliphatic heterocycles. The highest BCUT2D eigenvalue weighted by Crippen LogP contribution is 2.41. The average molecular weight is 427 g/mol. The van der Waals surface area contributed by atoms with Crippen molar-refractivity contribution in [1.29, 1.82) is 0 Å². The van der Waals surface area contributed by atoms with E-state index < -0.39 is 0 Å². The summed E-state index contributed by atoms with van der Waals surface area (Å²) < 4.78 is 0. The first-order chi connectivity index (χ1) is 15.7. The minimum Gasteiger partial charge on any atom is -0.0625 e. The lowest BCUT2D eigenvalue weighted by Gasteiger charge is -2.29. The average Bonchev–Trinajstić information content (AvgIpc) is 2.85. The van der Waals surface area contributed by atoms with Crippen LogP contribution >= 0.6 is 0 Å². The minimum atomic E-state index is 0. The molecule has 0 spiro atoms. The number of hydrogen-bond acceptors (Lipinski definition) is 0. The van der Waals surface area contributed by atoms with Crippen molar-refractivity contribution in [2.45, 2.75) is 83.0 Å². The number of rotatable bonds is 4. The van der Waals surface area contributed by atoms with Gasteiger partial charge in [-0.05, 0) is 96.9 Å². The largest absolute Gasteiger partial charge is 0.0625 e. The maximum Gasteiger partial charge on any atom is 0 e. The van der Waals surface area contributed by atoms with Crippen molar-refractivity contribution in [3.05, 3.63) is 95.1 Å². The van der Waals surface area contributed by atoms with Crippen LogP contribution in [-0.2, 0) is 0 Å². The standard InChI is InChI=1S/C32H38.2H2/c1-23-3-7-25(8-4-23)27-11-15-29(16-12-27)31-19-21-32(22-20-31)30-17-13-28(14-18-30)26-9-5-24(2)6-10-26;;/h3-4,7-8,13-14,17-22,24,26-27,29H,5-6,9-12,15-16H2,1-2H3;2*1H. The molecule has 0 aromatic heterocycles. The van der Waals surface area contributed by atoms with Crippen LogP contribution in [0.5, 0.6) is 0 Å². The second-order valence-electron chi connectivity index (χ2n) is 10.7. The summed E-state index contributed by atoms with van der Waals surface area (Å²) in [7, 11) is 0. The highest BCUT2D eigenvalue weighted by molar-refractivity contribution is 5.64. The molecule has 0 N–H and O–H groups in total. The molecule has 0 radical (unpaired) electrons. The molecule has 32 heavy (non-hydrogen) atoms. The van der Waals surface area contributed by atoms with Crippen LogP contribution in [0.2, 0.25) is 0 Å². The summed E-state index contributed by atoms with van der Waals surface area (Å²) >= 11 is 0. The Hall–Kier alpha value is -2.34. The minimum absolute atomic E-state index is 0. The van der Waals surface area contributed by atoms with Gasteiger partial charge in [0, 0.05) is 2.85 Å². The van der Waals surface area contributed by atoms with Gasteiger partial charge in [-0.15, -0.1) is 0 Å². The molecular formula is C32H42. The first-order valence-electron chi connectivity index (χ1n) is 12.9. The van der Waals surface area contributed by atoms with E-state index in [-0.39, 0.29) is 2.85 Å². The second-order valence-corrected chi connectivity index (χ2v) is 10.7. The molecule has 0 saturated heterocycles. The fourth-order valence-electron chi connectivity index (χ4n) is 6.09. The molecule has 2 fully saturated rings. The van der Waals surface area contributed by atoms with E-state index in [1.54, 1.807) is 5.56 Å². The molecule has 3 aromatic rings. The van der Waals surface area contributed by atoms with Crippen molar-refractivity contribution in [3.63, 3.8) is 0 Å². The van der Waals surface area contributed by atoms with E-state index in [9.17, 15) is 0 Å². The van der Waals surface area contributed by atoms with Gasteiger partial charge in [0.15, 0.2) is 0 Å². The summed E-state index contributed by atoms with van der Waals surface area (Å²) in [5, 5.41) is 0. The third-order valence-corrected chi connectivity index (χ3v) is 8.39. The Bertz CT molecular complexity index is 988. The zero-order chi connectivity index (χ0) is 21.9. The van der Waals surface area contributed by atoms with Crippen molar-refractivity contribution < 1.29 is 2.85 Å². The summed E-state index contributed by atoms with van der Waals surface area (Å²) in [5.74, 6) is 3.16. The fourth-order valence-corrected chi connectivity index (χ4v) is 6.09. The van der Waals surface area contributed by atoms with Crippen LogP contribution in [0.4, 0.5) is 0 Å². The summed E-state index contributed by atoms with van der Waals surface area (Å²) in [5.41, 5.74) is 8.68. The predicted molar refractivity (Wildman–Crippen MR) is 142 cm³/mol. The van der Waals surface area contributed by atoms with E-state index in [0.717, 1.165) is 23.7 Å². The predicted octanol–water partition coefficient (Wildman–Crippen LogP) is 9.89. The fraction of sp³-hybridized carbons (Fsp3) is 0.438. The third kappa shape index (κ3) is 4.85. The lowest BCUT2D eigenvalue weighted by atomic mass is 9.76. The molecule has 0 bridgehead atoms. The molecule has 0 heterocycles. The molecular weight excluding hydrogens is 384 g/mol. The van der Waals surface area contributed by atoms with E-state index in [4.69, 9.17) is 0 Å². The van der Waals surface area contributed by atoms with Crippen molar-refractivity contribution in [3.8, 4) is 11.1 Å². The first-order valence-corrected chi connectivity index (χ1v) is 12.9. The summed E-state index contributed by atoms with van der Waals surface area (Å²) in [6.45, 7) is 4.58. The molecule has 170 valence electrons. The van der Waals surface area contributed by atoms with Crippen LogP contribution in [0.3, 0.4) is 0 Å². The summed E-state index contributed by atoms with van der Waals surface area (Å²) in [6, 6.07) is 28.1. The number of benzene rings is 3. The first kappa shape index (κ1) is 21.5. The van der Waals surface area contributed by atoms with E-state index in [0.29, 0.717) is 0 Å². The summed E-state index contributed by atoms with van der Waals surface area (Å²) in [6.07, 6.45) is 10.8. The smallest absolute Gasteiger partial charge is 0 e. The zero-order valence-electron chi connectivity index (χ0n) is 19.9. The van der Waals surface area contributed by atoms with E-state index in [2.05, 4.69) is 86.6 Å². The van der Waals surface area contributed by atoms with E-state index in [1.807, 2.05) is 0 Å². The van der Waals surface area contributed by atoms with Gasteiger partial charge in [-0.2, -0.15) is 0 Å². The molecule has 0 unspecified atom stereocenters. The molecule has 2 aliphatic rings. The van der Waals surface area contributed by atoms with Crippen LogP contribution in [0.1, 0.15) is 101 Å². The van der Waals surface area contributed by atoms with Gasteiger partial charge in [0.25, 0.3) is 0 Å². The van der Waals surface area contributed by atoms with Crippen LogP contribution in [0, 0.1) is 12.8 Å². The van der Waals surface area contributed by atoms with Gasteiger partial charge in [-0.25, -0.2) is 0 Å². The highest BCUT2D eigenvalue weighted by Gasteiger charge is 2.23. The Balaban J connectivity index is 0.00000162. The topological polar surface area (TPSA) is 0 Å². The van der Waals surface area contributed by atoms with Gasteiger partial charge in [0.05, 0.1) is 0 Å². The second kappa shape index (κ2) is 9.65. The van der Waals surface area contributed by atoms with E-state index in [1.165, 1.54) is 79.2 Å². The van der Waals surface area contributed by atoms with Gasteiger partial charge >= 0.3 is 0 Å². The normalized spacial score (nSPS) is 26.1. The Kier molecular flexibility index (Phi) is 6.49. The molecule has 2 aliphatic carbocycles. The SMILES string of the molecule is Cc1ccc(C2CCC(c3ccc(-c4ccc(C5CCC(C)CC5)cc4)cc3)CC2)cc1.[HH].[HH]. The van der Waals surface area contributed by atoms with E-state index >= 15 is 0 Å². The summed E-state index contributed by atoms with van der Waals surface area (Å²) in [4.78, 5) is 0. The Morgan fingerprint density at radius 3 is 1.16 bits per heavy atom.